The molecule has 340 valence electrons. The van der Waals surface area contributed by atoms with E-state index >= 15 is 0 Å². The normalized spacial score (nSPS) is 11.9. The van der Waals surface area contributed by atoms with Gasteiger partial charge in [0.25, 0.3) is 0 Å². The van der Waals surface area contributed by atoms with Crippen molar-refractivity contribution in [2.45, 2.75) is 77.8 Å². The highest BCUT2D eigenvalue weighted by Gasteiger charge is 2.33. The highest BCUT2D eigenvalue weighted by molar-refractivity contribution is 6.13. The van der Waals surface area contributed by atoms with Crippen LogP contribution in [0.5, 0.6) is 0 Å². The smallest absolute Gasteiger partial charge is 0.292 e. The van der Waals surface area contributed by atoms with Gasteiger partial charge in [0.15, 0.2) is 5.78 Å². The molecule has 0 saturated heterocycles. The molecule has 0 atom stereocenters. The number of carbonyl (C=O) groups excluding carboxylic acids is 5. The maximum absolute atomic E-state index is 14.3. The molecule has 6 aromatic rings. The molecule has 0 heterocycles. The maximum Gasteiger partial charge on any atom is 0.374 e. The Morgan fingerprint density at radius 2 is 0.530 bits per heavy atom. The van der Waals surface area contributed by atoms with Crippen LogP contribution in [0.3, 0.4) is 0 Å². The van der Waals surface area contributed by atoms with Crippen molar-refractivity contribution in [3.8, 4) is 0 Å². The van der Waals surface area contributed by atoms with Gasteiger partial charge in [0.05, 0.1) is 22.3 Å². The zero-order valence-electron chi connectivity index (χ0n) is 37.8. The van der Waals surface area contributed by atoms with Gasteiger partial charge < -0.3 is 0 Å². The Bertz CT molecular complexity index is 2490. The van der Waals surface area contributed by atoms with Crippen LogP contribution in [-0.2, 0) is 61.5 Å². The van der Waals surface area contributed by atoms with E-state index in [9.17, 15) is 24.0 Å². The first-order chi connectivity index (χ1) is 31.3. The fourth-order valence-electron chi connectivity index (χ4n) is 6.53. The van der Waals surface area contributed by atoms with Crippen LogP contribution in [0.15, 0.2) is 158 Å². The summed E-state index contributed by atoms with van der Waals surface area (Å²) < 4.78 is 0. The Morgan fingerprint density at radius 1 is 0.303 bits per heavy atom. The van der Waals surface area contributed by atoms with E-state index in [4.69, 9.17) is 39.1 Å². The standard InChI is InChI=1S/C53H50O13/c1-50(2,37-21-13-9-14-22-37)63-59-46(55)41-31-29-35(33-43(41)48(57)61-65-52(5,6)39-25-17-11-18-26-39)45(54)36-30-32-42(47(56)60-64-51(3,4)38-23-15-10-16-24-38)44(34-36)49(58)62-66-53(7,8)40-27-19-12-20-28-40/h9-34H,1-8H3. The highest BCUT2D eigenvalue weighted by Crippen LogP contribution is 2.31. The van der Waals surface area contributed by atoms with Gasteiger partial charge in [0, 0.05) is 11.1 Å². The number of carbonyl (C=O) groups is 5. The Hall–Kier alpha value is -7.29. The van der Waals surface area contributed by atoms with Crippen LogP contribution in [0.4, 0.5) is 0 Å². The predicted octanol–water partition coefficient (Wildman–Crippen LogP) is 11.0. The van der Waals surface area contributed by atoms with Crippen molar-refractivity contribution in [1.29, 1.82) is 0 Å². The number of hydrogen-bond acceptors (Lipinski definition) is 13. The number of ketones is 1. The molecule has 13 nitrogen and oxygen atoms in total. The first kappa shape index (κ1) is 48.2. The molecule has 13 heteroatoms. The zero-order chi connectivity index (χ0) is 47.7. The van der Waals surface area contributed by atoms with Crippen molar-refractivity contribution in [1.82, 2.24) is 0 Å². The average molecular weight is 895 g/mol. The molecule has 6 aromatic carbocycles. The Labute approximate surface area is 382 Å². The number of hydrogen-bond donors (Lipinski definition) is 0. The molecule has 0 radical (unpaired) electrons. The second kappa shape index (κ2) is 20.3. The van der Waals surface area contributed by atoms with Crippen LogP contribution in [-0.4, -0.2) is 29.7 Å². The van der Waals surface area contributed by atoms with Gasteiger partial charge in [-0.05, 0) is 102 Å². The van der Waals surface area contributed by atoms with Crippen LogP contribution >= 0.6 is 0 Å². The van der Waals surface area contributed by atoms with Crippen molar-refractivity contribution in [2.75, 3.05) is 0 Å². The van der Waals surface area contributed by atoms with Crippen LogP contribution in [0.2, 0.25) is 0 Å². The van der Waals surface area contributed by atoms with E-state index in [1.807, 2.05) is 24.3 Å². The SMILES string of the molecule is CC(C)(OOC(=O)c1ccc(C(=O)c2ccc(C(=O)OOC(C)(C)c3ccccc3)c(C(=O)OOC(C)(C)c3ccccc3)c2)cc1C(=O)OOC(C)(C)c1ccccc1)c1ccccc1. The minimum Gasteiger partial charge on any atom is -0.292 e. The monoisotopic (exact) mass is 894 g/mol. The Kier molecular flexibility index (Phi) is 14.8. The maximum atomic E-state index is 14.3. The summed E-state index contributed by atoms with van der Waals surface area (Å²) in [5.74, 6) is -5.16. The lowest BCUT2D eigenvalue weighted by molar-refractivity contribution is -0.313. The lowest BCUT2D eigenvalue weighted by atomic mass is 9.95. The van der Waals surface area contributed by atoms with E-state index in [1.165, 1.54) is 24.3 Å². The van der Waals surface area contributed by atoms with Gasteiger partial charge in [0.1, 0.15) is 22.4 Å². The summed E-state index contributed by atoms with van der Waals surface area (Å²) in [6.07, 6.45) is 0. The molecule has 0 saturated carbocycles. The summed E-state index contributed by atoms with van der Waals surface area (Å²) in [6.45, 7) is 13.5. The molecule has 0 aromatic heterocycles. The largest absolute Gasteiger partial charge is 0.374 e. The van der Waals surface area contributed by atoms with Gasteiger partial charge in [-0.15, -0.1) is 0 Å². The molecule has 0 amide bonds. The summed E-state index contributed by atoms with van der Waals surface area (Å²) in [4.78, 5) is 113. The molecule has 66 heavy (non-hydrogen) atoms. The van der Waals surface area contributed by atoms with Crippen LogP contribution in [0.1, 0.15) is 135 Å². The summed E-state index contributed by atoms with van der Waals surface area (Å²) >= 11 is 0. The minimum absolute atomic E-state index is 0.129. The van der Waals surface area contributed by atoms with Crippen LogP contribution in [0, 0.1) is 0 Å². The van der Waals surface area contributed by atoms with Crippen LogP contribution in [0.25, 0.3) is 0 Å². The fraction of sp³-hybridized carbons (Fsp3) is 0.226. The van der Waals surface area contributed by atoms with Crippen molar-refractivity contribution in [3.63, 3.8) is 0 Å². The Morgan fingerprint density at radius 3 is 0.773 bits per heavy atom. The number of benzene rings is 6. The average Bonchev–Trinajstić information content (AvgIpc) is 3.34. The van der Waals surface area contributed by atoms with E-state index < -0.39 is 63.2 Å². The molecular formula is C53H50O13. The Balaban J connectivity index is 1.32. The first-order valence-electron chi connectivity index (χ1n) is 20.9. The van der Waals surface area contributed by atoms with Gasteiger partial charge in [-0.1, -0.05) is 133 Å². The third kappa shape index (κ3) is 11.7. The van der Waals surface area contributed by atoms with Gasteiger partial charge >= 0.3 is 23.9 Å². The quantitative estimate of drug-likeness (QED) is 0.0456. The molecule has 0 aliphatic heterocycles. The van der Waals surface area contributed by atoms with E-state index in [2.05, 4.69) is 0 Å². The van der Waals surface area contributed by atoms with Crippen molar-refractivity contribution in [2.24, 2.45) is 0 Å². The second-order valence-electron chi connectivity index (χ2n) is 17.2. The molecular weight excluding hydrogens is 845 g/mol. The van der Waals surface area contributed by atoms with Crippen molar-refractivity contribution >= 4 is 29.7 Å². The molecule has 0 aliphatic rings. The third-order valence-corrected chi connectivity index (χ3v) is 10.6. The van der Waals surface area contributed by atoms with Gasteiger partial charge in [-0.25, -0.2) is 19.2 Å². The first-order valence-corrected chi connectivity index (χ1v) is 20.9. The van der Waals surface area contributed by atoms with E-state index in [1.54, 1.807) is 152 Å². The summed E-state index contributed by atoms with van der Waals surface area (Å²) in [5, 5.41) is 0. The van der Waals surface area contributed by atoms with E-state index in [-0.39, 0.29) is 22.3 Å². The van der Waals surface area contributed by atoms with Gasteiger partial charge in [0.2, 0.25) is 0 Å². The van der Waals surface area contributed by atoms with Gasteiger partial charge in [-0.2, -0.15) is 19.6 Å². The topological polar surface area (TPSA) is 159 Å². The lowest BCUT2D eigenvalue weighted by Crippen LogP contribution is -2.26. The van der Waals surface area contributed by atoms with Crippen LogP contribution < -0.4 is 0 Å². The molecule has 0 aliphatic carbocycles. The minimum atomic E-state index is -1.14. The molecule has 0 spiro atoms. The number of rotatable bonds is 18. The molecule has 0 fully saturated rings. The zero-order valence-corrected chi connectivity index (χ0v) is 37.8. The second-order valence-corrected chi connectivity index (χ2v) is 17.2. The molecule has 0 unspecified atom stereocenters. The molecule has 0 N–H and O–H groups in total. The summed E-state index contributed by atoms with van der Waals surface area (Å²) in [5.41, 5.74) is -3.42. The van der Waals surface area contributed by atoms with Gasteiger partial charge in [-0.3, -0.25) is 24.3 Å². The summed E-state index contributed by atoms with van der Waals surface area (Å²) in [6, 6.07) is 43.2. The third-order valence-electron chi connectivity index (χ3n) is 10.6. The van der Waals surface area contributed by atoms with Crippen molar-refractivity contribution in [3.05, 3.63) is 213 Å². The lowest BCUT2D eigenvalue weighted by Gasteiger charge is -2.24. The molecule has 0 bridgehead atoms. The van der Waals surface area contributed by atoms with E-state index in [0.29, 0.717) is 22.3 Å². The predicted molar refractivity (Wildman–Crippen MR) is 240 cm³/mol. The fourth-order valence-corrected chi connectivity index (χ4v) is 6.53. The van der Waals surface area contributed by atoms with E-state index in [0.717, 1.165) is 12.1 Å². The molecule has 6 rings (SSSR count). The summed E-state index contributed by atoms with van der Waals surface area (Å²) in [7, 11) is 0. The van der Waals surface area contributed by atoms with Crippen molar-refractivity contribution < 1.29 is 63.1 Å². The highest BCUT2D eigenvalue weighted by atomic mass is 17.2.